The molecule has 2 heterocycles. The number of hydrogen-bond acceptors (Lipinski definition) is 7. The van der Waals surface area contributed by atoms with Gasteiger partial charge >= 0.3 is 0 Å². The molecule has 0 radical (unpaired) electrons. The molecule has 0 bridgehead atoms. The normalized spacial score (nSPS) is 10.2. The van der Waals surface area contributed by atoms with Crippen molar-refractivity contribution in [2.45, 2.75) is 0 Å². The molecule has 5 nitrogen and oxygen atoms in total. The zero-order valence-corrected chi connectivity index (χ0v) is 13.4. The highest BCUT2D eigenvalue weighted by Gasteiger charge is 2.22. The van der Waals surface area contributed by atoms with Crippen LogP contribution in [0.5, 0.6) is 0 Å². The van der Waals surface area contributed by atoms with Crippen molar-refractivity contribution in [2.75, 3.05) is 24.2 Å². The molecule has 0 aromatic carbocycles. The molecule has 0 aliphatic carbocycles. The standard InChI is InChI=1S/C12H10BrN3O2S2/c13-8-2-1-7(19-8)10(18)11-9(15)6(5-14)12(20-11)16-3-4-17/h1-2,16-17H,3-4,15H2. The van der Waals surface area contributed by atoms with E-state index < -0.39 is 0 Å². The molecule has 2 aromatic rings. The second-order valence-corrected chi connectivity index (χ2v) is 7.23. The third kappa shape index (κ3) is 2.86. The van der Waals surface area contributed by atoms with E-state index in [1.807, 2.05) is 6.07 Å². The number of halogens is 1. The molecule has 104 valence electrons. The van der Waals surface area contributed by atoms with Crippen molar-refractivity contribution in [3.05, 3.63) is 31.2 Å². The van der Waals surface area contributed by atoms with Crippen molar-refractivity contribution in [1.82, 2.24) is 0 Å². The maximum Gasteiger partial charge on any atom is 0.215 e. The van der Waals surface area contributed by atoms with Crippen LogP contribution in [-0.4, -0.2) is 24.0 Å². The van der Waals surface area contributed by atoms with Crippen LogP contribution in [0.1, 0.15) is 20.1 Å². The Morgan fingerprint density at radius 1 is 1.50 bits per heavy atom. The van der Waals surface area contributed by atoms with Crippen LogP contribution in [0.25, 0.3) is 0 Å². The molecule has 0 aliphatic rings. The molecule has 2 aromatic heterocycles. The Balaban J connectivity index is 2.40. The van der Waals surface area contributed by atoms with E-state index in [4.69, 9.17) is 16.1 Å². The van der Waals surface area contributed by atoms with Gasteiger partial charge in [-0.15, -0.1) is 22.7 Å². The van der Waals surface area contributed by atoms with Crippen LogP contribution < -0.4 is 11.1 Å². The second kappa shape index (κ2) is 6.37. The molecule has 8 heteroatoms. The lowest BCUT2D eigenvalue weighted by Gasteiger charge is -1.99. The van der Waals surface area contributed by atoms with Gasteiger partial charge in [0.05, 0.1) is 21.0 Å². The van der Waals surface area contributed by atoms with Crippen LogP contribution in [0.15, 0.2) is 15.9 Å². The molecular formula is C12H10BrN3O2S2. The zero-order valence-electron chi connectivity index (χ0n) is 10.1. The molecule has 0 saturated carbocycles. The Hall–Kier alpha value is -1.40. The number of aliphatic hydroxyl groups excluding tert-OH is 1. The fourth-order valence-electron chi connectivity index (χ4n) is 1.57. The maximum absolute atomic E-state index is 12.4. The molecule has 0 unspecified atom stereocenters. The first-order valence-corrected chi connectivity index (χ1v) is 7.98. The fourth-order valence-corrected chi connectivity index (χ4v) is 4.01. The minimum absolute atomic E-state index is 0.0657. The Morgan fingerprint density at radius 3 is 2.80 bits per heavy atom. The quantitative estimate of drug-likeness (QED) is 0.701. The summed E-state index contributed by atoms with van der Waals surface area (Å²) in [7, 11) is 0. The minimum atomic E-state index is -0.197. The Kier molecular flexibility index (Phi) is 4.77. The zero-order chi connectivity index (χ0) is 14.7. The van der Waals surface area contributed by atoms with Gasteiger partial charge in [-0.25, -0.2) is 0 Å². The monoisotopic (exact) mass is 371 g/mol. The van der Waals surface area contributed by atoms with Gasteiger partial charge in [0, 0.05) is 6.54 Å². The number of aliphatic hydroxyl groups is 1. The Bertz CT molecular complexity index is 687. The van der Waals surface area contributed by atoms with Gasteiger partial charge in [0.25, 0.3) is 0 Å². The van der Waals surface area contributed by atoms with Crippen LogP contribution >= 0.6 is 38.6 Å². The number of nitrogens with two attached hydrogens (primary N) is 1. The van der Waals surface area contributed by atoms with Gasteiger partial charge in [0.1, 0.15) is 21.5 Å². The summed E-state index contributed by atoms with van der Waals surface area (Å²) in [5.74, 6) is -0.197. The third-order valence-electron chi connectivity index (χ3n) is 2.46. The highest BCUT2D eigenvalue weighted by atomic mass is 79.9. The molecule has 0 aliphatic heterocycles. The first-order valence-electron chi connectivity index (χ1n) is 5.55. The lowest BCUT2D eigenvalue weighted by atomic mass is 10.2. The Labute approximate surface area is 131 Å². The van der Waals surface area contributed by atoms with Gasteiger partial charge in [-0.1, -0.05) is 0 Å². The van der Waals surface area contributed by atoms with Gasteiger partial charge in [-0.2, -0.15) is 5.26 Å². The molecule has 0 amide bonds. The molecular weight excluding hydrogens is 362 g/mol. The van der Waals surface area contributed by atoms with Crippen LogP contribution in [0.2, 0.25) is 0 Å². The van der Waals surface area contributed by atoms with E-state index >= 15 is 0 Å². The van der Waals surface area contributed by atoms with Gasteiger partial charge < -0.3 is 16.2 Å². The van der Waals surface area contributed by atoms with Crippen LogP contribution in [0.4, 0.5) is 10.7 Å². The first kappa shape index (κ1) is 15.0. The van der Waals surface area contributed by atoms with Crippen LogP contribution in [0, 0.1) is 11.3 Å². The summed E-state index contributed by atoms with van der Waals surface area (Å²) in [5, 5.41) is 21.3. The summed E-state index contributed by atoms with van der Waals surface area (Å²) in [6.07, 6.45) is 0. The second-order valence-electron chi connectivity index (χ2n) is 3.74. The van der Waals surface area contributed by atoms with Crippen LogP contribution in [0.3, 0.4) is 0 Å². The van der Waals surface area contributed by atoms with E-state index in [1.54, 1.807) is 12.1 Å². The van der Waals surface area contributed by atoms with Crippen molar-refractivity contribution in [3.63, 3.8) is 0 Å². The van der Waals surface area contributed by atoms with E-state index in [9.17, 15) is 4.79 Å². The van der Waals surface area contributed by atoms with E-state index in [2.05, 4.69) is 21.2 Å². The van der Waals surface area contributed by atoms with E-state index in [1.165, 1.54) is 11.3 Å². The number of nitrogens with zero attached hydrogens (tertiary/aromatic N) is 1. The molecule has 0 atom stereocenters. The van der Waals surface area contributed by atoms with Gasteiger partial charge in [-0.05, 0) is 28.1 Å². The predicted octanol–water partition coefficient (Wildman–Crippen LogP) is 2.66. The van der Waals surface area contributed by atoms with Crippen molar-refractivity contribution in [2.24, 2.45) is 0 Å². The lowest BCUT2D eigenvalue weighted by molar-refractivity contribution is 0.104. The highest BCUT2D eigenvalue weighted by Crippen LogP contribution is 2.37. The number of rotatable bonds is 5. The minimum Gasteiger partial charge on any atom is -0.396 e. The summed E-state index contributed by atoms with van der Waals surface area (Å²) in [6.45, 7) is 0.233. The van der Waals surface area contributed by atoms with Crippen molar-refractivity contribution in [1.29, 1.82) is 5.26 Å². The number of hydrogen-bond donors (Lipinski definition) is 3. The van der Waals surface area contributed by atoms with Crippen molar-refractivity contribution < 1.29 is 9.90 Å². The number of carbonyl (C=O) groups is 1. The molecule has 2 rings (SSSR count). The number of carbonyl (C=O) groups excluding carboxylic acids is 1. The number of nitrogen functional groups attached to an aromatic ring is 1. The average molecular weight is 372 g/mol. The van der Waals surface area contributed by atoms with Gasteiger partial charge in [-0.3, -0.25) is 4.79 Å². The molecule has 4 N–H and O–H groups in total. The number of ketones is 1. The summed E-state index contributed by atoms with van der Waals surface area (Å²) in [5.41, 5.74) is 6.33. The molecule has 0 saturated heterocycles. The number of thiophene rings is 2. The third-order valence-corrected chi connectivity index (χ3v) is 5.24. The highest BCUT2D eigenvalue weighted by molar-refractivity contribution is 9.11. The molecule has 0 spiro atoms. The number of nitrogens with one attached hydrogen (secondary N) is 1. The number of nitriles is 1. The van der Waals surface area contributed by atoms with Gasteiger partial charge in [0.15, 0.2) is 0 Å². The van der Waals surface area contributed by atoms with Crippen LogP contribution in [-0.2, 0) is 0 Å². The van der Waals surface area contributed by atoms with Crippen molar-refractivity contribution in [3.8, 4) is 6.07 Å². The fraction of sp³-hybridized carbons (Fsp3) is 0.167. The van der Waals surface area contributed by atoms with E-state index in [0.717, 1.165) is 15.1 Å². The largest absolute Gasteiger partial charge is 0.396 e. The van der Waals surface area contributed by atoms with E-state index in [0.29, 0.717) is 21.3 Å². The summed E-state index contributed by atoms with van der Waals surface area (Å²) in [4.78, 5) is 13.3. The number of anilines is 2. The Morgan fingerprint density at radius 2 is 2.25 bits per heavy atom. The van der Waals surface area contributed by atoms with E-state index in [-0.39, 0.29) is 23.6 Å². The topological polar surface area (TPSA) is 99.1 Å². The maximum atomic E-state index is 12.4. The van der Waals surface area contributed by atoms with Crippen molar-refractivity contribution >= 4 is 55.1 Å². The molecule has 0 fully saturated rings. The summed E-state index contributed by atoms with van der Waals surface area (Å²) >= 11 is 5.75. The van der Waals surface area contributed by atoms with Gasteiger partial charge in [0.2, 0.25) is 5.78 Å². The smallest absolute Gasteiger partial charge is 0.215 e. The average Bonchev–Trinajstić information content (AvgIpc) is 2.99. The predicted molar refractivity (Wildman–Crippen MR) is 84.5 cm³/mol. The summed E-state index contributed by atoms with van der Waals surface area (Å²) < 4.78 is 0.857. The first-order chi connectivity index (χ1) is 9.58. The molecule has 20 heavy (non-hydrogen) atoms. The summed E-state index contributed by atoms with van der Waals surface area (Å²) in [6, 6.07) is 5.49. The SMILES string of the molecule is N#Cc1c(NCCO)sc(C(=O)c2ccc(Br)s2)c1N. The lowest BCUT2D eigenvalue weighted by Crippen LogP contribution is -2.05.